The topological polar surface area (TPSA) is 55.8 Å². The molecule has 0 bridgehead atoms. The Morgan fingerprint density at radius 3 is 2.47 bits per heavy atom. The van der Waals surface area contributed by atoms with Gasteiger partial charge in [-0.1, -0.05) is 34.1 Å². The highest BCUT2D eigenvalue weighted by molar-refractivity contribution is 5.77. The number of esters is 1. The van der Waals surface area contributed by atoms with E-state index in [2.05, 4.69) is 34.6 Å². The quantitative estimate of drug-likeness (QED) is 0.435. The van der Waals surface area contributed by atoms with Crippen LogP contribution >= 0.6 is 0 Å². The fourth-order valence-corrected chi connectivity index (χ4v) is 7.53. The van der Waals surface area contributed by atoms with Gasteiger partial charge in [0.2, 0.25) is 0 Å². The molecule has 0 aromatic heterocycles. The van der Waals surface area contributed by atoms with E-state index in [4.69, 9.17) is 9.47 Å². The first kappa shape index (κ1) is 26.0. The van der Waals surface area contributed by atoms with Crippen molar-refractivity contribution < 1.29 is 19.4 Å². The maximum atomic E-state index is 13.4. The molecule has 1 N–H and O–H groups in total. The summed E-state index contributed by atoms with van der Waals surface area (Å²) < 4.78 is 11.5. The lowest BCUT2D eigenvalue weighted by Gasteiger charge is -2.61. The van der Waals surface area contributed by atoms with Crippen molar-refractivity contribution >= 4 is 5.97 Å². The Balaban J connectivity index is 1.63. The summed E-state index contributed by atoms with van der Waals surface area (Å²) in [5, 5.41) is 10.3. The van der Waals surface area contributed by atoms with Crippen LogP contribution < -0.4 is 0 Å². The van der Waals surface area contributed by atoms with Crippen LogP contribution in [-0.4, -0.2) is 36.0 Å². The number of rotatable bonds is 8. The number of ether oxygens (including phenoxy) is 2. The molecule has 0 radical (unpaired) electrons. The summed E-state index contributed by atoms with van der Waals surface area (Å²) in [5.41, 5.74) is -0.463. The lowest BCUT2D eigenvalue weighted by atomic mass is 9.43. The fourth-order valence-electron chi connectivity index (χ4n) is 7.53. The molecule has 0 saturated heterocycles. The average Bonchev–Trinajstić information content (AvgIpc) is 2.75. The van der Waals surface area contributed by atoms with Crippen LogP contribution in [0.4, 0.5) is 0 Å². The van der Waals surface area contributed by atoms with Crippen molar-refractivity contribution in [3.63, 3.8) is 0 Å². The van der Waals surface area contributed by atoms with E-state index in [1.807, 2.05) is 13.8 Å². The first-order valence-corrected chi connectivity index (χ1v) is 13.4. The van der Waals surface area contributed by atoms with Gasteiger partial charge in [-0.05, 0) is 107 Å². The summed E-state index contributed by atoms with van der Waals surface area (Å²) in [6.07, 6.45) is 9.83. The molecule has 7 atom stereocenters. The van der Waals surface area contributed by atoms with Crippen LogP contribution in [0.25, 0.3) is 0 Å². The van der Waals surface area contributed by atoms with Gasteiger partial charge in [0, 0.05) is 0 Å². The molecule has 0 heterocycles. The van der Waals surface area contributed by atoms with E-state index in [0.717, 1.165) is 49.4 Å². The Labute approximate surface area is 197 Å². The monoisotopic (exact) mass is 450 g/mol. The highest BCUT2D eigenvalue weighted by Crippen LogP contribution is 2.64. The first-order valence-electron chi connectivity index (χ1n) is 13.4. The third-order valence-corrected chi connectivity index (χ3v) is 10.0. The van der Waals surface area contributed by atoms with E-state index in [9.17, 15) is 9.90 Å². The normalized spacial score (nSPS) is 38.7. The summed E-state index contributed by atoms with van der Waals surface area (Å²) in [5.74, 6) is 3.52. The predicted molar refractivity (Wildman–Crippen MR) is 129 cm³/mol. The van der Waals surface area contributed by atoms with Crippen LogP contribution in [0.2, 0.25) is 0 Å². The minimum atomic E-state index is -0.773. The molecule has 3 rings (SSSR count). The lowest BCUT2D eigenvalue weighted by Crippen LogP contribution is -2.56. The third kappa shape index (κ3) is 5.22. The smallest absolute Gasteiger partial charge is 0.312 e. The highest BCUT2D eigenvalue weighted by atomic mass is 16.6. The number of aliphatic hydroxyl groups is 1. The van der Waals surface area contributed by atoms with Crippen LogP contribution in [0, 0.1) is 40.4 Å². The summed E-state index contributed by atoms with van der Waals surface area (Å²) in [6.45, 7) is 15.7. The van der Waals surface area contributed by atoms with Crippen LogP contribution in [0.5, 0.6) is 0 Å². The largest absolute Gasteiger partial charge is 0.462 e. The molecule has 32 heavy (non-hydrogen) atoms. The van der Waals surface area contributed by atoms with Crippen LogP contribution in [0.15, 0.2) is 0 Å². The van der Waals surface area contributed by atoms with Gasteiger partial charge in [0.25, 0.3) is 0 Å². The fraction of sp³-hybridized carbons (Fsp3) is 0.964. The van der Waals surface area contributed by atoms with Crippen molar-refractivity contribution in [2.24, 2.45) is 40.4 Å². The molecule has 3 fully saturated rings. The number of aliphatic hydroxyl groups excluding tert-OH is 1. The Morgan fingerprint density at radius 2 is 1.81 bits per heavy atom. The van der Waals surface area contributed by atoms with Gasteiger partial charge >= 0.3 is 5.97 Å². The Kier molecular flexibility index (Phi) is 8.08. The minimum absolute atomic E-state index is 0.0276. The summed E-state index contributed by atoms with van der Waals surface area (Å²) in [4.78, 5) is 13.4. The van der Waals surface area contributed by atoms with Crippen LogP contribution in [0.3, 0.4) is 0 Å². The summed E-state index contributed by atoms with van der Waals surface area (Å²) >= 11 is 0. The number of carbonyl (C=O) groups excluding carboxylic acids is 1. The molecule has 0 aromatic carbocycles. The van der Waals surface area contributed by atoms with Crippen LogP contribution in [-0.2, 0) is 14.3 Å². The summed E-state index contributed by atoms with van der Waals surface area (Å²) in [6, 6.07) is 0. The predicted octanol–water partition coefficient (Wildman–Crippen LogP) is 6.39. The Hall–Kier alpha value is -0.610. The van der Waals surface area contributed by atoms with Gasteiger partial charge in [0.05, 0.1) is 17.6 Å². The van der Waals surface area contributed by atoms with Crippen LogP contribution in [0.1, 0.15) is 106 Å². The maximum absolute atomic E-state index is 13.4. The Bertz CT molecular complexity index is 643. The molecule has 4 heteroatoms. The highest BCUT2D eigenvalue weighted by Gasteiger charge is 2.59. The van der Waals surface area contributed by atoms with Crippen molar-refractivity contribution in [1.82, 2.24) is 0 Å². The molecule has 7 unspecified atom stereocenters. The number of fused-ring (bicyclic) bond motifs is 3. The second kappa shape index (κ2) is 9.94. The molecule has 3 aliphatic carbocycles. The van der Waals surface area contributed by atoms with Gasteiger partial charge in [0.15, 0.2) is 0 Å². The lowest BCUT2D eigenvalue weighted by molar-refractivity contribution is -0.183. The van der Waals surface area contributed by atoms with Crippen molar-refractivity contribution in [1.29, 1.82) is 0 Å². The maximum Gasteiger partial charge on any atom is 0.312 e. The van der Waals surface area contributed by atoms with Gasteiger partial charge in [-0.25, -0.2) is 0 Å². The standard InChI is InChI=1S/C28H50O4/c1-8-26(4,5)32-18-22(29)17-31-25(30)28(7)15-9-14-27(6)23-12-10-20(19(2)3)16-21(23)11-13-24(27)28/h19-24,29H,8-18H2,1-7H3. The van der Waals surface area contributed by atoms with E-state index in [0.29, 0.717) is 5.92 Å². The molecule has 4 nitrogen and oxygen atoms in total. The van der Waals surface area contributed by atoms with E-state index in [1.54, 1.807) is 0 Å². The molecular weight excluding hydrogens is 400 g/mol. The summed E-state index contributed by atoms with van der Waals surface area (Å²) in [7, 11) is 0. The molecule has 0 spiro atoms. The molecule has 3 aliphatic rings. The molecule has 186 valence electrons. The molecule has 0 aromatic rings. The van der Waals surface area contributed by atoms with Crippen molar-refractivity contribution in [3.05, 3.63) is 0 Å². The number of hydrogen-bond donors (Lipinski definition) is 1. The molecule has 3 saturated carbocycles. The van der Waals surface area contributed by atoms with E-state index in [1.165, 1.54) is 32.1 Å². The van der Waals surface area contributed by atoms with Crippen molar-refractivity contribution in [2.45, 2.75) is 118 Å². The van der Waals surface area contributed by atoms with Gasteiger partial charge in [-0.3, -0.25) is 4.79 Å². The SMILES string of the molecule is CCC(C)(C)OCC(O)COC(=O)C1(C)CCCC2(C)C3CCC(C(C)C)CC3CCC12. The number of hydrogen-bond acceptors (Lipinski definition) is 4. The zero-order valence-electron chi connectivity index (χ0n) is 21.9. The van der Waals surface area contributed by atoms with Gasteiger partial charge in [0.1, 0.15) is 12.7 Å². The van der Waals surface area contributed by atoms with E-state index < -0.39 is 11.5 Å². The minimum Gasteiger partial charge on any atom is -0.462 e. The number of carbonyl (C=O) groups is 1. The van der Waals surface area contributed by atoms with Crippen molar-refractivity contribution in [3.8, 4) is 0 Å². The van der Waals surface area contributed by atoms with E-state index in [-0.39, 0.29) is 30.2 Å². The second-order valence-corrected chi connectivity index (χ2v) is 12.8. The zero-order chi connectivity index (χ0) is 23.7. The van der Waals surface area contributed by atoms with Gasteiger partial charge in [-0.2, -0.15) is 0 Å². The van der Waals surface area contributed by atoms with Gasteiger partial charge < -0.3 is 14.6 Å². The first-order chi connectivity index (χ1) is 14.9. The molecule has 0 amide bonds. The van der Waals surface area contributed by atoms with Crippen molar-refractivity contribution in [2.75, 3.05) is 13.2 Å². The van der Waals surface area contributed by atoms with E-state index >= 15 is 0 Å². The Morgan fingerprint density at radius 1 is 1.09 bits per heavy atom. The average molecular weight is 451 g/mol. The molecule has 0 aliphatic heterocycles. The third-order valence-electron chi connectivity index (χ3n) is 10.0. The molecular formula is C28H50O4. The second-order valence-electron chi connectivity index (χ2n) is 12.8. The zero-order valence-corrected chi connectivity index (χ0v) is 21.9. The van der Waals surface area contributed by atoms with Gasteiger partial charge in [-0.15, -0.1) is 0 Å².